The summed E-state index contributed by atoms with van der Waals surface area (Å²) in [6.07, 6.45) is 3.42. The Labute approximate surface area is 185 Å². The van der Waals surface area contributed by atoms with Gasteiger partial charge in [0.1, 0.15) is 11.7 Å². The van der Waals surface area contributed by atoms with Crippen LogP contribution in [0, 0.1) is 17.0 Å². The molecule has 2 aromatic carbocycles. The molecule has 1 aromatic heterocycles. The van der Waals surface area contributed by atoms with Crippen molar-refractivity contribution < 1.29 is 9.72 Å². The molecule has 2 heterocycles. The number of hydrogen-bond donors (Lipinski definition) is 1. The number of nitro benzene ring substituents is 1. The van der Waals surface area contributed by atoms with Gasteiger partial charge in [-0.15, -0.1) is 0 Å². The van der Waals surface area contributed by atoms with E-state index in [0.717, 1.165) is 11.1 Å². The number of rotatable bonds is 6. The Bertz CT molecular complexity index is 1090. The summed E-state index contributed by atoms with van der Waals surface area (Å²) in [4.78, 5) is 37.2. The molecule has 9 heteroatoms. The standard InChI is InChI=1S/C23H24N6O3/c1-17-8-9-19(20(16-17)29(31)32)26-22(30)21(18-6-3-2-4-7-18)27-12-14-28(15-13-27)23-24-10-5-11-25-23/h2-11,16,21H,12-15H2,1H3,(H,26,30)/t21-/m1/s1. The molecule has 1 N–H and O–H groups in total. The molecule has 0 unspecified atom stereocenters. The molecule has 0 spiro atoms. The zero-order valence-corrected chi connectivity index (χ0v) is 17.7. The maximum absolute atomic E-state index is 13.4. The number of amides is 1. The molecule has 1 amide bonds. The molecule has 32 heavy (non-hydrogen) atoms. The maximum Gasteiger partial charge on any atom is 0.293 e. The Hall–Kier alpha value is -3.85. The number of aromatic nitrogens is 2. The normalized spacial score (nSPS) is 15.2. The summed E-state index contributed by atoms with van der Waals surface area (Å²) in [6, 6.07) is 15.5. The van der Waals surface area contributed by atoms with Crippen LogP contribution in [0.3, 0.4) is 0 Å². The highest BCUT2D eigenvalue weighted by molar-refractivity contribution is 5.97. The van der Waals surface area contributed by atoms with Gasteiger partial charge in [0.2, 0.25) is 11.9 Å². The lowest BCUT2D eigenvalue weighted by Gasteiger charge is -2.38. The zero-order valence-electron chi connectivity index (χ0n) is 17.7. The Morgan fingerprint density at radius 3 is 2.38 bits per heavy atom. The van der Waals surface area contributed by atoms with E-state index in [4.69, 9.17) is 0 Å². The zero-order chi connectivity index (χ0) is 22.5. The molecule has 0 aliphatic carbocycles. The first kappa shape index (κ1) is 21.4. The molecular weight excluding hydrogens is 408 g/mol. The summed E-state index contributed by atoms with van der Waals surface area (Å²) in [5, 5.41) is 14.3. The molecule has 0 bridgehead atoms. The molecule has 164 valence electrons. The second kappa shape index (κ2) is 9.52. The van der Waals surface area contributed by atoms with Crippen molar-refractivity contribution in [3.63, 3.8) is 0 Å². The van der Waals surface area contributed by atoms with Crippen molar-refractivity contribution in [1.29, 1.82) is 0 Å². The van der Waals surface area contributed by atoms with Crippen molar-refractivity contribution in [3.8, 4) is 0 Å². The third-order valence-corrected chi connectivity index (χ3v) is 5.49. The van der Waals surface area contributed by atoms with Crippen LogP contribution in [0.4, 0.5) is 17.3 Å². The van der Waals surface area contributed by atoms with Crippen molar-refractivity contribution in [3.05, 3.63) is 88.2 Å². The quantitative estimate of drug-likeness (QED) is 0.471. The van der Waals surface area contributed by atoms with Crippen molar-refractivity contribution in [2.45, 2.75) is 13.0 Å². The van der Waals surface area contributed by atoms with E-state index in [1.165, 1.54) is 6.07 Å². The van der Waals surface area contributed by atoms with Crippen molar-refractivity contribution in [2.24, 2.45) is 0 Å². The average Bonchev–Trinajstić information content (AvgIpc) is 2.82. The number of hydrogen-bond acceptors (Lipinski definition) is 7. The van der Waals surface area contributed by atoms with Crippen LogP contribution < -0.4 is 10.2 Å². The van der Waals surface area contributed by atoms with Gasteiger partial charge in [0.05, 0.1) is 4.92 Å². The highest BCUT2D eigenvalue weighted by atomic mass is 16.6. The SMILES string of the molecule is Cc1ccc(NC(=O)[C@@H](c2ccccc2)N2CCN(c3ncccn3)CC2)c([N+](=O)[O-])c1. The summed E-state index contributed by atoms with van der Waals surface area (Å²) >= 11 is 0. The molecule has 9 nitrogen and oxygen atoms in total. The number of nitro groups is 1. The van der Waals surface area contributed by atoms with E-state index in [-0.39, 0.29) is 17.3 Å². The summed E-state index contributed by atoms with van der Waals surface area (Å²) in [5.74, 6) is 0.371. The summed E-state index contributed by atoms with van der Waals surface area (Å²) in [6.45, 7) is 4.38. The van der Waals surface area contributed by atoms with Crippen molar-refractivity contribution in [1.82, 2.24) is 14.9 Å². The van der Waals surface area contributed by atoms with Gasteiger partial charge < -0.3 is 10.2 Å². The first-order valence-electron chi connectivity index (χ1n) is 10.4. The first-order chi connectivity index (χ1) is 15.5. The van der Waals surface area contributed by atoms with Gasteiger partial charge in [-0.3, -0.25) is 19.8 Å². The predicted molar refractivity (Wildman–Crippen MR) is 121 cm³/mol. The fourth-order valence-electron chi connectivity index (χ4n) is 3.90. The number of carbonyl (C=O) groups is 1. The monoisotopic (exact) mass is 432 g/mol. The molecule has 0 saturated carbocycles. The minimum Gasteiger partial charge on any atom is -0.338 e. The van der Waals surface area contributed by atoms with Crippen LogP contribution in [0.1, 0.15) is 17.2 Å². The number of carbonyl (C=O) groups excluding carboxylic acids is 1. The molecule has 1 fully saturated rings. The van der Waals surface area contributed by atoms with E-state index in [9.17, 15) is 14.9 Å². The minimum absolute atomic E-state index is 0.115. The third-order valence-electron chi connectivity index (χ3n) is 5.49. The van der Waals surface area contributed by atoms with Gasteiger partial charge >= 0.3 is 0 Å². The fraction of sp³-hybridized carbons (Fsp3) is 0.261. The van der Waals surface area contributed by atoms with Crippen LogP contribution in [-0.4, -0.2) is 51.9 Å². The lowest BCUT2D eigenvalue weighted by Crippen LogP contribution is -2.50. The largest absolute Gasteiger partial charge is 0.338 e. The van der Waals surface area contributed by atoms with Crippen molar-refractivity contribution in [2.75, 3.05) is 36.4 Å². The molecule has 4 rings (SSSR count). The topological polar surface area (TPSA) is 104 Å². The second-order valence-electron chi connectivity index (χ2n) is 7.65. The fourth-order valence-corrected chi connectivity index (χ4v) is 3.90. The van der Waals surface area contributed by atoms with Crippen LogP contribution in [0.5, 0.6) is 0 Å². The van der Waals surface area contributed by atoms with Crippen LogP contribution in [0.2, 0.25) is 0 Å². The van der Waals surface area contributed by atoms with Crippen LogP contribution >= 0.6 is 0 Å². The minimum atomic E-state index is -0.573. The van der Waals surface area contributed by atoms with E-state index in [1.807, 2.05) is 30.3 Å². The average molecular weight is 432 g/mol. The molecule has 1 aliphatic heterocycles. The number of anilines is 2. The number of aryl methyl sites for hydroxylation is 1. The Morgan fingerprint density at radius 1 is 1.03 bits per heavy atom. The van der Waals surface area contributed by atoms with Crippen molar-refractivity contribution >= 4 is 23.2 Å². The van der Waals surface area contributed by atoms with Gasteiger partial charge in [-0.25, -0.2) is 9.97 Å². The molecule has 3 aromatic rings. The van der Waals surface area contributed by atoms with Crippen LogP contribution in [-0.2, 0) is 4.79 Å². The van der Waals surface area contributed by atoms with Crippen LogP contribution in [0.15, 0.2) is 67.0 Å². The number of benzene rings is 2. The summed E-state index contributed by atoms with van der Waals surface area (Å²) < 4.78 is 0. The van der Waals surface area contributed by atoms with E-state index < -0.39 is 11.0 Å². The number of nitrogens with one attached hydrogen (secondary N) is 1. The lowest BCUT2D eigenvalue weighted by atomic mass is 10.0. The molecule has 1 atom stereocenters. The van der Waals surface area contributed by atoms with E-state index >= 15 is 0 Å². The van der Waals surface area contributed by atoms with Gasteiger partial charge in [-0.05, 0) is 30.2 Å². The summed E-state index contributed by atoms with van der Waals surface area (Å²) in [5.41, 5.74) is 1.68. The van der Waals surface area contributed by atoms with Crippen LogP contribution in [0.25, 0.3) is 0 Å². The highest BCUT2D eigenvalue weighted by Crippen LogP contribution is 2.29. The first-order valence-corrected chi connectivity index (χ1v) is 10.4. The molecular formula is C23H24N6O3. The molecule has 1 saturated heterocycles. The number of nitrogens with zero attached hydrogens (tertiary/aromatic N) is 5. The molecule has 0 radical (unpaired) electrons. The van der Waals surface area contributed by atoms with Gasteiger partial charge in [0.15, 0.2) is 0 Å². The van der Waals surface area contributed by atoms with Gasteiger partial charge in [-0.1, -0.05) is 36.4 Å². The van der Waals surface area contributed by atoms with Gasteiger partial charge in [-0.2, -0.15) is 0 Å². The Morgan fingerprint density at radius 2 is 1.72 bits per heavy atom. The van der Waals surface area contributed by atoms with E-state index in [0.29, 0.717) is 32.1 Å². The second-order valence-corrected chi connectivity index (χ2v) is 7.65. The van der Waals surface area contributed by atoms with E-state index in [1.54, 1.807) is 37.5 Å². The maximum atomic E-state index is 13.4. The summed E-state index contributed by atoms with van der Waals surface area (Å²) in [7, 11) is 0. The van der Waals surface area contributed by atoms with E-state index in [2.05, 4.69) is 25.1 Å². The Balaban J connectivity index is 1.56. The highest BCUT2D eigenvalue weighted by Gasteiger charge is 2.32. The Kier molecular flexibility index (Phi) is 6.37. The molecule has 1 aliphatic rings. The van der Waals surface area contributed by atoms with Gasteiger partial charge in [0, 0.05) is 44.6 Å². The third kappa shape index (κ3) is 4.73. The predicted octanol–water partition coefficient (Wildman–Crippen LogP) is 3.20. The lowest BCUT2D eigenvalue weighted by molar-refractivity contribution is -0.384. The number of piperazine rings is 1. The smallest absolute Gasteiger partial charge is 0.293 e. The van der Waals surface area contributed by atoms with Gasteiger partial charge in [0.25, 0.3) is 5.69 Å².